The van der Waals surface area contributed by atoms with E-state index in [2.05, 4.69) is 14.9 Å². The Kier molecular flexibility index (Phi) is 8.23. The third kappa shape index (κ3) is 5.85. The topological polar surface area (TPSA) is 63.1 Å². The first-order valence-corrected chi connectivity index (χ1v) is 12.3. The Morgan fingerprint density at radius 3 is 2.36 bits per heavy atom. The molecule has 13 heteroatoms. The smallest absolute Gasteiger partial charge is 0.436 e. The molecule has 2 aliphatic rings. The van der Waals surface area contributed by atoms with Crippen LogP contribution in [0.2, 0.25) is 10.0 Å². The van der Waals surface area contributed by atoms with Gasteiger partial charge < -0.3 is 19.3 Å². The van der Waals surface area contributed by atoms with Gasteiger partial charge in [0.05, 0.1) is 36.1 Å². The highest BCUT2D eigenvalue weighted by Crippen LogP contribution is 2.36. The Labute approximate surface area is 217 Å². The van der Waals surface area contributed by atoms with Crippen LogP contribution in [0.25, 0.3) is 0 Å². The van der Waals surface area contributed by atoms with E-state index in [1.54, 1.807) is 12.0 Å². The zero-order valence-corrected chi connectivity index (χ0v) is 21.6. The molecule has 198 valence electrons. The molecule has 1 aromatic heterocycles. The van der Waals surface area contributed by atoms with Gasteiger partial charge in [-0.25, -0.2) is 0 Å². The molecule has 2 fully saturated rings. The van der Waals surface area contributed by atoms with E-state index in [1.165, 1.54) is 6.92 Å². The molecule has 0 N–H and O–H groups in total. The van der Waals surface area contributed by atoms with Gasteiger partial charge in [-0.3, -0.25) is 14.4 Å². The van der Waals surface area contributed by atoms with E-state index in [4.69, 9.17) is 32.7 Å². The lowest BCUT2D eigenvalue weighted by atomic mass is 10.1. The van der Waals surface area contributed by atoms with Crippen molar-refractivity contribution in [1.29, 1.82) is 0 Å². The number of nitrogens with zero attached hydrogens (tertiary/aromatic N) is 5. The molecular formula is C23H28Cl2F3N5O3. The van der Waals surface area contributed by atoms with Crippen molar-refractivity contribution in [2.45, 2.75) is 26.2 Å². The summed E-state index contributed by atoms with van der Waals surface area (Å²) in [6.07, 6.45) is -4.68. The number of morpholine rings is 1. The molecule has 0 radical (unpaired) electrons. The van der Waals surface area contributed by atoms with E-state index >= 15 is 0 Å². The molecule has 0 atom stereocenters. The van der Waals surface area contributed by atoms with Crippen molar-refractivity contribution in [2.24, 2.45) is 0 Å². The van der Waals surface area contributed by atoms with Crippen molar-refractivity contribution in [3.05, 3.63) is 39.1 Å². The van der Waals surface area contributed by atoms with Crippen molar-refractivity contribution in [3.8, 4) is 5.75 Å². The third-order valence-corrected chi connectivity index (χ3v) is 7.26. The summed E-state index contributed by atoms with van der Waals surface area (Å²) in [5.74, 6) is 0.260. The number of methoxy groups -OCH3 is 1. The van der Waals surface area contributed by atoms with Gasteiger partial charge in [-0.2, -0.15) is 18.3 Å². The second-order valence-corrected chi connectivity index (χ2v) is 9.56. The number of alkyl halides is 3. The number of hydrogen-bond donors (Lipinski definition) is 0. The number of piperazine rings is 1. The number of carbonyl (C=O) groups is 1. The van der Waals surface area contributed by atoms with Crippen molar-refractivity contribution in [3.63, 3.8) is 0 Å². The molecule has 0 bridgehead atoms. The van der Waals surface area contributed by atoms with Gasteiger partial charge in [0.15, 0.2) is 5.69 Å². The first-order valence-electron chi connectivity index (χ1n) is 11.6. The molecule has 1 amide bonds. The summed E-state index contributed by atoms with van der Waals surface area (Å²) in [5, 5.41) is 3.58. The lowest BCUT2D eigenvalue weighted by Gasteiger charge is -2.38. The van der Waals surface area contributed by atoms with Crippen LogP contribution < -0.4 is 9.64 Å². The lowest BCUT2D eigenvalue weighted by molar-refractivity contribution is -0.142. The van der Waals surface area contributed by atoms with Crippen LogP contribution in [0.4, 0.5) is 18.9 Å². The van der Waals surface area contributed by atoms with Crippen molar-refractivity contribution in [2.75, 3.05) is 64.5 Å². The Bertz CT molecular complexity index is 1100. The van der Waals surface area contributed by atoms with Crippen LogP contribution in [0, 0.1) is 6.92 Å². The summed E-state index contributed by atoms with van der Waals surface area (Å²) >= 11 is 12.2. The fourth-order valence-electron chi connectivity index (χ4n) is 4.45. The lowest BCUT2D eigenvalue weighted by Crippen LogP contribution is -2.50. The van der Waals surface area contributed by atoms with E-state index in [9.17, 15) is 18.0 Å². The quantitative estimate of drug-likeness (QED) is 0.547. The van der Waals surface area contributed by atoms with Crippen molar-refractivity contribution < 1.29 is 27.4 Å². The molecule has 8 nitrogen and oxygen atoms in total. The van der Waals surface area contributed by atoms with Crippen molar-refractivity contribution >= 4 is 34.8 Å². The van der Waals surface area contributed by atoms with Gasteiger partial charge in [0.1, 0.15) is 12.3 Å². The maximum Gasteiger partial charge on any atom is 0.436 e. The highest BCUT2D eigenvalue weighted by molar-refractivity contribution is 6.32. The summed E-state index contributed by atoms with van der Waals surface area (Å²) in [5.41, 5.74) is 0.976. The van der Waals surface area contributed by atoms with Gasteiger partial charge in [0.25, 0.3) is 0 Å². The fourth-order valence-corrected chi connectivity index (χ4v) is 4.95. The summed E-state index contributed by atoms with van der Waals surface area (Å²) in [4.78, 5) is 19.0. The van der Waals surface area contributed by atoms with E-state index in [0.717, 1.165) is 29.0 Å². The predicted octanol–water partition coefficient (Wildman–Crippen LogP) is 3.71. The van der Waals surface area contributed by atoms with Crippen LogP contribution in [0.1, 0.15) is 17.0 Å². The molecule has 2 saturated heterocycles. The van der Waals surface area contributed by atoms with E-state index < -0.39 is 16.9 Å². The Morgan fingerprint density at radius 1 is 1.11 bits per heavy atom. The number of rotatable bonds is 6. The zero-order chi connectivity index (χ0) is 26.0. The van der Waals surface area contributed by atoms with Crippen LogP contribution in [-0.2, 0) is 28.8 Å². The first-order chi connectivity index (χ1) is 17.1. The molecule has 0 aliphatic carbocycles. The minimum absolute atomic E-state index is 0.108. The minimum Gasteiger partial charge on any atom is -0.495 e. The normalized spacial score (nSPS) is 17.5. The Balaban J connectivity index is 1.44. The summed E-state index contributed by atoms with van der Waals surface area (Å²) in [6, 6.07) is 3.84. The SMILES string of the molecule is COc1cc(N2CCN(C(=O)Cn3nc(C(F)(F)F)c(Cl)c3C)CC2)c(CN2CCOCC2)cc1Cl. The third-order valence-electron chi connectivity index (χ3n) is 6.51. The van der Waals surface area contributed by atoms with Crippen LogP contribution in [0.3, 0.4) is 0 Å². The Hall–Kier alpha value is -2.21. The number of aromatic nitrogens is 2. The summed E-state index contributed by atoms with van der Waals surface area (Å²) < 4.78 is 51.2. The first kappa shape index (κ1) is 26.8. The number of carbonyl (C=O) groups excluding carboxylic acids is 1. The minimum atomic E-state index is -4.68. The number of anilines is 1. The number of ether oxygens (including phenoxy) is 2. The monoisotopic (exact) mass is 549 g/mol. The molecule has 2 aromatic rings. The Morgan fingerprint density at radius 2 is 1.78 bits per heavy atom. The molecule has 36 heavy (non-hydrogen) atoms. The molecule has 0 unspecified atom stereocenters. The van der Waals surface area contributed by atoms with Gasteiger partial charge in [0.2, 0.25) is 5.91 Å². The molecule has 0 spiro atoms. The van der Waals surface area contributed by atoms with Gasteiger partial charge in [-0.15, -0.1) is 0 Å². The van der Waals surface area contributed by atoms with Crippen molar-refractivity contribution in [1.82, 2.24) is 19.6 Å². The van der Waals surface area contributed by atoms with Crippen LogP contribution >= 0.6 is 23.2 Å². The molecular weight excluding hydrogens is 522 g/mol. The van der Waals surface area contributed by atoms with E-state index in [1.807, 2.05) is 12.1 Å². The van der Waals surface area contributed by atoms with Gasteiger partial charge in [0, 0.05) is 57.6 Å². The zero-order valence-electron chi connectivity index (χ0n) is 20.1. The number of hydrogen-bond acceptors (Lipinski definition) is 6. The second-order valence-electron chi connectivity index (χ2n) is 8.78. The fraction of sp³-hybridized carbons (Fsp3) is 0.565. The predicted molar refractivity (Wildman–Crippen MR) is 130 cm³/mol. The van der Waals surface area contributed by atoms with Gasteiger partial charge >= 0.3 is 6.18 Å². The number of halogens is 5. The van der Waals surface area contributed by atoms with Crippen LogP contribution in [-0.4, -0.2) is 85.1 Å². The van der Waals surface area contributed by atoms with Crippen LogP contribution in [0.5, 0.6) is 5.75 Å². The standard InChI is InChI=1S/C23H28Cl2F3N5O3/c1-15-21(25)22(23(26,27)28)29-33(15)14-20(34)32-5-3-31(4-6-32)18-12-19(35-2)17(24)11-16(18)13-30-7-9-36-10-8-30/h11-12H,3-10,13-14H2,1-2H3. The maximum atomic E-state index is 13.1. The highest BCUT2D eigenvalue weighted by atomic mass is 35.5. The summed E-state index contributed by atoms with van der Waals surface area (Å²) in [7, 11) is 1.57. The second kappa shape index (κ2) is 11.0. The van der Waals surface area contributed by atoms with E-state index in [0.29, 0.717) is 56.7 Å². The van der Waals surface area contributed by atoms with Gasteiger partial charge in [-0.1, -0.05) is 23.2 Å². The average molecular weight is 550 g/mol. The van der Waals surface area contributed by atoms with Crippen LogP contribution in [0.15, 0.2) is 12.1 Å². The molecule has 0 saturated carbocycles. The number of benzene rings is 1. The molecule has 1 aromatic carbocycles. The molecule has 2 aliphatic heterocycles. The largest absolute Gasteiger partial charge is 0.495 e. The molecule has 3 heterocycles. The average Bonchev–Trinajstić information content (AvgIpc) is 3.14. The van der Waals surface area contributed by atoms with E-state index in [-0.39, 0.29) is 18.1 Å². The number of amides is 1. The summed E-state index contributed by atoms with van der Waals surface area (Å²) in [6.45, 7) is 6.80. The van der Waals surface area contributed by atoms with Gasteiger partial charge in [-0.05, 0) is 18.6 Å². The maximum absolute atomic E-state index is 13.1. The highest BCUT2D eigenvalue weighted by Gasteiger charge is 2.38. The molecule has 4 rings (SSSR count).